The molecule has 3 rings (SSSR count). The second-order valence-corrected chi connectivity index (χ2v) is 6.49. The van der Waals surface area contributed by atoms with Gasteiger partial charge >= 0.3 is 0 Å². The third-order valence-corrected chi connectivity index (χ3v) is 4.35. The summed E-state index contributed by atoms with van der Waals surface area (Å²) in [5.74, 6) is 0.393. The summed E-state index contributed by atoms with van der Waals surface area (Å²) in [7, 11) is 0. The molecule has 0 radical (unpaired) electrons. The third-order valence-electron chi connectivity index (χ3n) is 3.75. The lowest BCUT2D eigenvalue weighted by molar-refractivity contribution is -0.118. The lowest BCUT2D eigenvalue weighted by Crippen LogP contribution is -2.16. The van der Waals surface area contributed by atoms with E-state index in [0.29, 0.717) is 22.5 Å². The van der Waals surface area contributed by atoms with Crippen LogP contribution in [0.25, 0.3) is 0 Å². The second kappa shape index (κ2) is 7.13. The van der Waals surface area contributed by atoms with Gasteiger partial charge in [0.1, 0.15) is 18.2 Å². The summed E-state index contributed by atoms with van der Waals surface area (Å²) in [6.45, 7) is 0.581. The van der Waals surface area contributed by atoms with E-state index in [2.05, 4.69) is 21.2 Å². The van der Waals surface area contributed by atoms with Crippen LogP contribution in [0.3, 0.4) is 0 Å². The number of halogens is 2. The zero-order chi connectivity index (χ0) is 16.2. The molecule has 1 aliphatic rings. The van der Waals surface area contributed by atoms with Gasteiger partial charge in [0.05, 0.1) is 16.7 Å². The number of ketones is 1. The fraction of sp³-hybridized carbons (Fsp3) is 0.278. The van der Waals surface area contributed by atoms with E-state index in [1.165, 1.54) is 6.07 Å². The quantitative estimate of drug-likeness (QED) is 0.768. The van der Waals surface area contributed by atoms with E-state index in [0.717, 1.165) is 18.4 Å². The van der Waals surface area contributed by atoms with Gasteiger partial charge in [0, 0.05) is 12.0 Å². The smallest absolute Gasteiger partial charge is 0.154 e. The van der Waals surface area contributed by atoms with Crippen LogP contribution in [0.5, 0.6) is 5.75 Å². The molecule has 0 aliphatic heterocycles. The van der Waals surface area contributed by atoms with Crippen LogP contribution in [-0.2, 0) is 11.4 Å². The topological polar surface area (TPSA) is 38.3 Å². The number of hydrogen-bond acceptors (Lipinski definition) is 3. The number of carbonyl (C=O) groups excluding carboxylic acids is 1. The molecule has 23 heavy (non-hydrogen) atoms. The molecule has 0 heterocycles. The highest BCUT2D eigenvalue weighted by molar-refractivity contribution is 9.10. The summed E-state index contributed by atoms with van der Waals surface area (Å²) in [4.78, 5) is 11.8. The Labute approximate surface area is 143 Å². The fourth-order valence-corrected chi connectivity index (χ4v) is 2.60. The first-order valence-corrected chi connectivity index (χ1v) is 8.35. The van der Waals surface area contributed by atoms with Gasteiger partial charge in [-0.15, -0.1) is 0 Å². The predicted molar refractivity (Wildman–Crippen MR) is 91.1 cm³/mol. The van der Waals surface area contributed by atoms with Crippen molar-refractivity contribution in [3.05, 3.63) is 58.3 Å². The fourth-order valence-electron chi connectivity index (χ4n) is 2.25. The average Bonchev–Trinajstić information content (AvgIpc) is 3.40. The zero-order valence-corrected chi connectivity index (χ0v) is 14.1. The lowest BCUT2D eigenvalue weighted by atomic mass is 10.2. The minimum absolute atomic E-state index is 0.194. The van der Waals surface area contributed by atoms with Crippen molar-refractivity contribution in [2.75, 3.05) is 11.9 Å². The first-order chi connectivity index (χ1) is 11.1. The maximum atomic E-state index is 13.8. The summed E-state index contributed by atoms with van der Waals surface area (Å²) in [6, 6.07) is 12.6. The summed E-state index contributed by atoms with van der Waals surface area (Å²) in [6.07, 6.45) is 1.95. The van der Waals surface area contributed by atoms with Crippen molar-refractivity contribution in [3.63, 3.8) is 0 Å². The van der Waals surface area contributed by atoms with Gasteiger partial charge in [0.25, 0.3) is 0 Å². The first-order valence-electron chi connectivity index (χ1n) is 7.56. The van der Waals surface area contributed by atoms with E-state index in [9.17, 15) is 9.18 Å². The number of anilines is 1. The van der Waals surface area contributed by atoms with Gasteiger partial charge in [-0.05, 0) is 40.4 Å². The SMILES string of the molecule is O=C(CNc1cc(Br)c(F)cc1OCc1ccccc1)C1CC1. The van der Waals surface area contributed by atoms with Crippen molar-refractivity contribution in [1.82, 2.24) is 0 Å². The Morgan fingerprint density at radius 3 is 2.70 bits per heavy atom. The highest BCUT2D eigenvalue weighted by Crippen LogP contribution is 2.33. The van der Waals surface area contributed by atoms with Gasteiger partial charge in [0.15, 0.2) is 5.78 Å². The molecule has 0 atom stereocenters. The second-order valence-electron chi connectivity index (χ2n) is 5.63. The highest BCUT2D eigenvalue weighted by Gasteiger charge is 2.29. The van der Waals surface area contributed by atoms with E-state index in [4.69, 9.17) is 4.74 Å². The summed E-state index contributed by atoms with van der Waals surface area (Å²) >= 11 is 3.17. The Bertz CT molecular complexity index is 702. The number of Topliss-reactive ketones (excluding diaryl/α,β-unsaturated/α-hetero) is 1. The third kappa shape index (κ3) is 4.32. The molecule has 1 fully saturated rings. The van der Waals surface area contributed by atoms with Gasteiger partial charge in [-0.1, -0.05) is 30.3 Å². The number of rotatable bonds is 7. The minimum atomic E-state index is -0.396. The van der Waals surface area contributed by atoms with Gasteiger partial charge in [-0.25, -0.2) is 4.39 Å². The zero-order valence-electron chi connectivity index (χ0n) is 12.5. The molecule has 0 spiro atoms. The van der Waals surface area contributed by atoms with Gasteiger partial charge in [-0.3, -0.25) is 4.79 Å². The predicted octanol–water partition coefficient (Wildman–Crippen LogP) is 4.56. The van der Waals surface area contributed by atoms with Gasteiger partial charge < -0.3 is 10.1 Å². The van der Waals surface area contributed by atoms with E-state index in [-0.39, 0.29) is 18.2 Å². The number of ether oxygens (including phenoxy) is 1. The Hall–Kier alpha value is -1.88. The Balaban J connectivity index is 1.71. The Morgan fingerprint density at radius 2 is 2.00 bits per heavy atom. The van der Waals surface area contributed by atoms with E-state index in [1.807, 2.05) is 30.3 Å². The van der Waals surface area contributed by atoms with Crippen molar-refractivity contribution in [2.45, 2.75) is 19.4 Å². The molecule has 3 nitrogen and oxygen atoms in total. The molecule has 0 bridgehead atoms. The van der Waals surface area contributed by atoms with E-state index >= 15 is 0 Å². The van der Waals surface area contributed by atoms with Crippen LogP contribution in [0.2, 0.25) is 0 Å². The maximum absolute atomic E-state index is 13.8. The average molecular weight is 378 g/mol. The molecule has 1 aliphatic carbocycles. The van der Waals surface area contributed by atoms with E-state index < -0.39 is 5.82 Å². The molecule has 1 N–H and O–H groups in total. The van der Waals surface area contributed by atoms with Crippen molar-refractivity contribution in [3.8, 4) is 5.75 Å². The molecular weight excluding hydrogens is 361 g/mol. The normalized spacial score (nSPS) is 13.7. The van der Waals surface area contributed by atoms with Crippen LogP contribution in [-0.4, -0.2) is 12.3 Å². The number of carbonyl (C=O) groups is 1. The van der Waals surface area contributed by atoms with Crippen LogP contribution in [0.1, 0.15) is 18.4 Å². The molecular formula is C18H17BrFNO2. The van der Waals surface area contributed by atoms with Crippen molar-refractivity contribution in [2.24, 2.45) is 5.92 Å². The Morgan fingerprint density at radius 1 is 1.26 bits per heavy atom. The molecule has 0 unspecified atom stereocenters. The molecule has 0 saturated heterocycles. The highest BCUT2D eigenvalue weighted by atomic mass is 79.9. The van der Waals surface area contributed by atoms with Crippen LogP contribution in [0, 0.1) is 11.7 Å². The molecule has 5 heteroatoms. The van der Waals surface area contributed by atoms with Crippen LogP contribution in [0.15, 0.2) is 46.9 Å². The van der Waals surface area contributed by atoms with Crippen molar-refractivity contribution < 1.29 is 13.9 Å². The van der Waals surface area contributed by atoms with Crippen LogP contribution < -0.4 is 10.1 Å². The monoisotopic (exact) mass is 377 g/mol. The maximum Gasteiger partial charge on any atom is 0.154 e. The molecule has 1 saturated carbocycles. The van der Waals surface area contributed by atoms with Crippen LogP contribution >= 0.6 is 15.9 Å². The van der Waals surface area contributed by atoms with Crippen LogP contribution in [0.4, 0.5) is 10.1 Å². The van der Waals surface area contributed by atoms with E-state index in [1.54, 1.807) is 6.07 Å². The van der Waals surface area contributed by atoms with Crippen molar-refractivity contribution >= 4 is 27.4 Å². The summed E-state index contributed by atoms with van der Waals surface area (Å²) < 4.78 is 19.9. The summed E-state index contributed by atoms with van der Waals surface area (Å²) in [5.41, 5.74) is 1.61. The number of nitrogens with one attached hydrogen (secondary N) is 1. The molecule has 2 aromatic carbocycles. The molecule has 0 amide bonds. The number of benzene rings is 2. The largest absolute Gasteiger partial charge is 0.487 e. The molecule has 0 aromatic heterocycles. The molecule has 120 valence electrons. The standard InChI is InChI=1S/C18H17BrFNO2/c19-14-8-16(21-10-17(22)13-6-7-13)18(9-15(14)20)23-11-12-4-2-1-3-5-12/h1-5,8-9,13,21H,6-7,10-11H2. The lowest BCUT2D eigenvalue weighted by Gasteiger charge is -2.14. The van der Waals surface area contributed by atoms with Gasteiger partial charge in [0.2, 0.25) is 0 Å². The molecule has 2 aromatic rings. The van der Waals surface area contributed by atoms with Crippen molar-refractivity contribution in [1.29, 1.82) is 0 Å². The Kier molecular flexibility index (Phi) is 4.96. The first kappa shape index (κ1) is 16.0. The number of hydrogen-bond donors (Lipinski definition) is 1. The minimum Gasteiger partial charge on any atom is -0.487 e. The summed E-state index contributed by atoms with van der Waals surface area (Å²) in [5, 5.41) is 3.07. The van der Waals surface area contributed by atoms with Gasteiger partial charge in [-0.2, -0.15) is 0 Å².